The van der Waals surface area contributed by atoms with Gasteiger partial charge >= 0.3 is 17.8 Å². The van der Waals surface area contributed by atoms with Gasteiger partial charge in [-0.15, -0.1) is 0 Å². The summed E-state index contributed by atoms with van der Waals surface area (Å²) in [7, 11) is 1.28. The Morgan fingerprint density at radius 2 is 1.96 bits per heavy atom. The van der Waals surface area contributed by atoms with E-state index in [-0.39, 0.29) is 19.6 Å². The Kier molecular flexibility index (Phi) is 5.26. The van der Waals surface area contributed by atoms with Crippen LogP contribution in [0.1, 0.15) is 13.8 Å². The predicted octanol–water partition coefficient (Wildman–Crippen LogP) is -2.64. The Bertz CT molecular complexity index is 619. The highest BCUT2D eigenvalue weighted by Gasteiger charge is 2.49. The third-order valence-electron chi connectivity index (χ3n) is 4.21. The maximum atomic E-state index is 12.2. The van der Waals surface area contributed by atoms with Gasteiger partial charge in [0.1, 0.15) is 6.04 Å². The van der Waals surface area contributed by atoms with Crippen molar-refractivity contribution in [2.75, 3.05) is 33.3 Å². The molecule has 0 radical (unpaired) electrons. The summed E-state index contributed by atoms with van der Waals surface area (Å²) in [6.07, 6.45) is 0. The van der Waals surface area contributed by atoms with Gasteiger partial charge < -0.3 is 25.6 Å². The minimum Gasteiger partial charge on any atom is -0.349 e. The second kappa shape index (κ2) is 7.05. The van der Waals surface area contributed by atoms with E-state index in [1.807, 2.05) is 0 Å². The summed E-state index contributed by atoms with van der Waals surface area (Å²) in [4.78, 5) is 61.7. The predicted molar refractivity (Wildman–Crippen MR) is 82.9 cm³/mol. The van der Waals surface area contributed by atoms with Crippen molar-refractivity contribution in [3.05, 3.63) is 0 Å². The maximum Gasteiger partial charge on any atom is 0.325 e. The number of nitrogens with zero attached hydrogens (tertiary/aromatic N) is 2. The van der Waals surface area contributed by atoms with Gasteiger partial charge in [0.15, 0.2) is 0 Å². The number of rotatable bonds is 5. The second-order valence-corrected chi connectivity index (χ2v) is 5.72. The molecule has 0 saturated carbocycles. The molecule has 2 aliphatic rings. The van der Waals surface area contributed by atoms with Crippen LogP contribution in [-0.2, 0) is 23.9 Å². The summed E-state index contributed by atoms with van der Waals surface area (Å²) in [6, 6.07) is -1.89. The second-order valence-electron chi connectivity index (χ2n) is 5.72. The smallest absolute Gasteiger partial charge is 0.325 e. The third kappa shape index (κ3) is 3.40. The highest BCUT2D eigenvalue weighted by atomic mass is 16.5. The van der Waals surface area contributed by atoms with Crippen molar-refractivity contribution in [2.45, 2.75) is 25.6 Å². The molecule has 0 bridgehead atoms. The van der Waals surface area contributed by atoms with Gasteiger partial charge in [-0.05, 0) is 13.8 Å². The van der Waals surface area contributed by atoms with Gasteiger partial charge in [0.05, 0.1) is 6.54 Å². The number of amides is 6. The van der Waals surface area contributed by atoms with Gasteiger partial charge in [-0.2, -0.15) is 0 Å². The van der Waals surface area contributed by atoms with E-state index in [4.69, 9.17) is 4.74 Å². The lowest BCUT2D eigenvalue weighted by molar-refractivity contribution is -0.167. The van der Waals surface area contributed by atoms with Crippen LogP contribution in [0.3, 0.4) is 0 Å². The number of nitrogens with one attached hydrogen (secondary N) is 3. The molecular weight excluding hydrogens is 334 g/mol. The lowest BCUT2D eigenvalue weighted by Crippen LogP contribution is -2.75. The molecule has 2 fully saturated rings. The van der Waals surface area contributed by atoms with Crippen LogP contribution < -0.4 is 16.0 Å². The molecule has 138 valence electrons. The monoisotopic (exact) mass is 355 g/mol. The van der Waals surface area contributed by atoms with Crippen molar-refractivity contribution >= 4 is 29.7 Å². The number of carbonyl (C=O) groups excluding carboxylic acids is 5. The third-order valence-corrected chi connectivity index (χ3v) is 4.21. The Morgan fingerprint density at radius 1 is 1.28 bits per heavy atom. The molecule has 2 heterocycles. The van der Waals surface area contributed by atoms with E-state index in [0.29, 0.717) is 6.54 Å². The molecule has 2 saturated heterocycles. The molecule has 3 N–H and O–H groups in total. The lowest BCUT2D eigenvalue weighted by atomic mass is 10.1. The normalized spacial score (nSPS) is 24.4. The first kappa shape index (κ1) is 18.6. The molecule has 11 nitrogen and oxygen atoms in total. The average molecular weight is 355 g/mol. The number of hydrogen-bond donors (Lipinski definition) is 3. The fourth-order valence-corrected chi connectivity index (χ4v) is 2.44. The van der Waals surface area contributed by atoms with Crippen LogP contribution in [0, 0.1) is 0 Å². The average Bonchev–Trinajstić information content (AvgIpc) is 2.59. The zero-order chi connectivity index (χ0) is 18.8. The molecule has 0 aromatic heterocycles. The molecule has 0 aromatic carbocycles. The van der Waals surface area contributed by atoms with Crippen molar-refractivity contribution in [3.63, 3.8) is 0 Å². The van der Waals surface area contributed by atoms with Crippen LogP contribution in [0.25, 0.3) is 0 Å². The molecule has 2 rings (SSSR count). The number of ether oxygens (including phenoxy) is 1. The van der Waals surface area contributed by atoms with E-state index in [1.165, 1.54) is 18.9 Å². The molecule has 2 aliphatic heterocycles. The maximum absolute atomic E-state index is 12.2. The summed E-state index contributed by atoms with van der Waals surface area (Å²) in [5.41, 5.74) is -1.45. The molecular formula is C14H21N5O6. The Hall–Kier alpha value is -2.69. The zero-order valence-corrected chi connectivity index (χ0v) is 14.2. The molecule has 0 aliphatic carbocycles. The van der Waals surface area contributed by atoms with Gasteiger partial charge in [-0.1, -0.05) is 0 Å². The van der Waals surface area contributed by atoms with Crippen LogP contribution in [0.5, 0.6) is 0 Å². The molecule has 25 heavy (non-hydrogen) atoms. The molecule has 2 atom stereocenters. The minimum absolute atomic E-state index is 0.0446. The summed E-state index contributed by atoms with van der Waals surface area (Å²) in [5.74, 6) is -2.84. The molecule has 11 heteroatoms. The van der Waals surface area contributed by atoms with E-state index in [1.54, 1.807) is 6.92 Å². The van der Waals surface area contributed by atoms with E-state index in [2.05, 4.69) is 16.0 Å². The van der Waals surface area contributed by atoms with Crippen molar-refractivity contribution in [1.82, 2.24) is 25.8 Å². The Balaban J connectivity index is 1.93. The molecule has 0 spiro atoms. The lowest BCUT2D eigenvalue weighted by Gasteiger charge is -2.40. The van der Waals surface area contributed by atoms with Gasteiger partial charge in [0.25, 0.3) is 5.91 Å². The zero-order valence-electron chi connectivity index (χ0n) is 14.2. The molecule has 0 aromatic rings. The highest BCUT2D eigenvalue weighted by Crippen LogP contribution is 2.13. The van der Waals surface area contributed by atoms with E-state index in [9.17, 15) is 24.0 Å². The Labute approximate surface area is 144 Å². The first-order chi connectivity index (χ1) is 11.8. The van der Waals surface area contributed by atoms with Crippen molar-refractivity contribution in [2.24, 2.45) is 0 Å². The summed E-state index contributed by atoms with van der Waals surface area (Å²) in [6.45, 7) is 3.89. The summed E-state index contributed by atoms with van der Waals surface area (Å²) < 4.78 is 5.01. The van der Waals surface area contributed by atoms with Gasteiger partial charge in [0, 0.05) is 26.7 Å². The van der Waals surface area contributed by atoms with E-state index < -0.39 is 41.4 Å². The Morgan fingerprint density at radius 3 is 2.44 bits per heavy atom. The van der Waals surface area contributed by atoms with Crippen LogP contribution in [0.15, 0.2) is 0 Å². The number of urea groups is 1. The van der Waals surface area contributed by atoms with Gasteiger partial charge in [0.2, 0.25) is 11.6 Å². The number of hydrogen-bond acceptors (Lipinski definition) is 6. The SMILES string of the molecule is CCN1CCN(C(=O)N[C@H](C)C(=O)NC2(OC)CNC2=O)C(=O)C1=O. The number of methoxy groups -OCH3 is 1. The number of β-lactam (4-membered cyclic amide) rings is 1. The minimum atomic E-state index is -1.45. The fraction of sp³-hybridized carbons (Fsp3) is 0.643. The summed E-state index contributed by atoms with van der Waals surface area (Å²) in [5, 5.41) is 7.19. The fourth-order valence-electron chi connectivity index (χ4n) is 2.44. The first-order valence-corrected chi connectivity index (χ1v) is 7.82. The van der Waals surface area contributed by atoms with E-state index >= 15 is 0 Å². The van der Waals surface area contributed by atoms with Crippen molar-refractivity contribution in [3.8, 4) is 0 Å². The van der Waals surface area contributed by atoms with Gasteiger partial charge in [-0.25, -0.2) is 4.79 Å². The topological polar surface area (TPSA) is 137 Å². The van der Waals surface area contributed by atoms with Crippen molar-refractivity contribution < 1.29 is 28.7 Å². The highest BCUT2D eigenvalue weighted by molar-refractivity contribution is 6.38. The largest absolute Gasteiger partial charge is 0.349 e. The number of carbonyl (C=O) groups is 5. The molecule has 6 amide bonds. The number of likely N-dealkylation sites (N-methyl/N-ethyl adjacent to an activating group) is 1. The van der Waals surface area contributed by atoms with Gasteiger partial charge in [-0.3, -0.25) is 24.1 Å². The van der Waals surface area contributed by atoms with Crippen LogP contribution >= 0.6 is 0 Å². The van der Waals surface area contributed by atoms with Crippen LogP contribution in [0.2, 0.25) is 0 Å². The quantitative estimate of drug-likeness (QED) is 0.280. The molecule has 1 unspecified atom stereocenters. The van der Waals surface area contributed by atoms with Crippen LogP contribution in [-0.4, -0.2) is 84.5 Å². The number of imide groups is 1. The van der Waals surface area contributed by atoms with Crippen LogP contribution in [0.4, 0.5) is 4.79 Å². The number of piperazine rings is 1. The van der Waals surface area contributed by atoms with E-state index in [0.717, 1.165) is 4.90 Å². The van der Waals surface area contributed by atoms with Crippen molar-refractivity contribution in [1.29, 1.82) is 0 Å². The first-order valence-electron chi connectivity index (χ1n) is 7.82. The summed E-state index contributed by atoms with van der Waals surface area (Å²) >= 11 is 0. The standard InChI is InChI=1S/C14H21N5O6/c1-4-18-5-6-19(11(22)10(18)21)13(24)16-8(2)9(20)17-14(25-3)7-15-12(14)23/h8H,4-7H2,1-3H3,(H,15,23)(H,16,24)(H,17,20)/t8-,14?/m1/s1.